The van der Waals surface area contributed by atoms with Gasteiger partial charge in [0.25, 0.3) is 5.91 Å². The predicted molar refractivity (Wildman–Crippen MR) is 123 cm³/mol. The number of piperazine rings is 1. The van der Waals surface area contributed by atoms with Gasteiger partial charge in [-0.25, -0.2) is 22.2 Å². The largest absolute Gasteiger partial charge is 0.335 e. The van der Waals surface area contributed by atoms with E-state index >= 15 is 0 Å². The van der Waals surface area contributed by atoms with Crippen LogP contribution in [0.5, 0.6) is 0 Å². The maximum Gasteiger partial charge on any atom is 0.265 e. The Kier molecular flexibility index (Phi) is 6.60. The summed E-state index contributed by atoms with van der Waals surface area (Å²) in [5.74, 6) is -2.49. The molecular weight excluding hydrogens is 468 g/mol. The van der Waals surface area contributed by atoms with E-state index in [0.717, 1.165) is 39.5 Å². The zero-order chi connectivity index (χ0) is 23.8. The zero-order valence-corrected chi connectivity index (χ0v) is 19.8. The lowest BCUT2D eigenvalue weighted by molar-refractivity contribution is 0.0701. The molecule has 1 aliphatic heterocycles. The quantitative estimate of drug-likeness (QED) is 0.539. The Labute approximate surface area is 195 Å². The highest BCUT2D eigenvalue weighted by molar-refractivity contribution is 7.89. The van der Waals surface area contributed by atoms with Crippen LogP contribution in [-0.4, -0.2) is 54.7 Å². The molecule has 174 valence electrons. The molecule has 1 aromatic heterocycles. The number of hydrogen-bond donors (Lipinski definition) is 0. The third-order valence-corrected chi connectivity index (χ3v) is 8.79. The number of aromatic nitrogens is 1. The molecule has 6 nitrogen and oxygen atoms in total. The fourth-order valence-electron chi connectivity index (χ4n) is 3.73. The number of nitrogens with zero attached hydrogens (tertiary/aromatic N) is 3. The van der Waals surface area contributed by atoms with Gasteiger partial charge >= 0.3 is 0 Å². The van der Waals surface area contributed by atoms with E-state index in [1.807, 2.05) is 24.3 Å². The van der Waals surface area contributed by atoms with Gasteiger partial charge in [0.2, 0.25) is 10.0 Å². The molecule has 1 aliphatic rings. The van der Waals surface area contributed by atoms with Gasteiger partial charge < -0.3 is 4.90 Å². The number of hydrogen-bond acceptors (Lipinski definition) is 5. The van der Waals surface area contributed by atoms with Crippen LogP contribution >= 0.6 is 11.3 Å². The van der Waals surface area contributed by atoms with Crippen LogP contribution in [0, 0.1) is 18.6 Å². The van der Waals surface area contributed by atoms with Crippen molar-refractivity contribution in [1.82, 2.24) is 14.2 Å². The molecule has 0 radical (unpaired) electrons. The van der Waals surface area contributed by atoms with Crippen LogP contribution in [0.3, 0.4) is 0 Å². The second-order valence-electron chi connectivity index (χ2n) is 7.73. The maximum atomic E-state index is 14.0. The van der Waals surface area contributed by atoms with Crippen molar-refractivity contribution in [2.75, 3.05) is 26.2 Å². The van der Waals surface area contributed by atoms with Crippen molar-refractivity contribution in [1.29, 1.82) is 0 Å². The van der Waals surface area contributed by atoms with E-state index in [0.29, 0.717) is 10.6 Å². The average Bonchev–Trinajstić information content (AvgIpc) is 3.20. The Hall–Kier alpha value is -2.69. The lowest BCUT2D eigenvalue weighted by Crippen LogP contribution is -2.50. The van der Waals surface area contributed by atoms with Gasteiger partial charge in [-0.1, -0.05) is 37.3 Å². The van der Waals surface area contributed by atoms with Crippen LogP contribution in [0.4, 0.5) is 8.78 Å². The molecule has 1 amide bonds. The molecule has 0 N–H and O–H groups in total. The number of aryl methyl sites for hydroxylation is 2. The van der Waals surface area contributed by atoms with Gasteiger partial charge in [0.15, 0.2) is 4.90 Å². The summed E-state index contributed by atoms with van der Waals surface area (Å²) < 4.78 is 54.6. The first kappa shape index (κ1) is 23.5. The van der Waals surface area contributed by atoms with E-state index in [4.69, 9.17) is 0 Å². The minimum absolute atomic E-state index is 0.0506. The highest BCUT2D eigenvalue weighted by atomic mass is 32.2. The fourth-order valence-corrected chi connectivity index (χ4v) is 6.31. The number of amides is 1. The number of sulfonamides is 1. The molecule has 0 bridgehead atoms. The Morgan fingerprint density at radius 3 is 2.21 bits per heavy atom. The van der Waals surface area contributed by atoms with E-state index in [-0.39, 0.29) is 32.1 Å². The number of carbonyl (C=O) groups excluding carboxylic acids is 1. The highest BCUT2D eigenvalue weighted by Gasteiger charge is 2.35. The molecule has 1 fully saturated rings. The summed E-state index contributed by atoms with van der Waals surface area (Å²) in [6.45, 7) is 3.99. The molecule has 1 saturated heterocycles. The minimum atomic E-state index is -4.35. The SMILES string of the molecule is CCc1ccc(-c2nc(C)c(C(=O)N3CCN(S(=O)(=O)c4c(F)cccc4F)CC3)s2)cc1. The van der Waals surface area contributed by atoms with Crippen molar-refractivity contribution >= 4 is 27.3 Å². The number of rotatable bonds is 5. The first-order valence-electron chi connectivity index (χ1n) is 10.5. The Morgan fingerprint density at radius 2 is 1.64 bits per heavy atom. The van der Waals surface area contributed by atoms with Gasteiger partial charge in [-0.15, -0.1) is 11.3 Å². The normalized spacial score (nSPS) is 15.1. The topological polar surface area (TPSA) is 70.6 Å². The van der Waals surface area contributed by atoms with E-state index in [1.54, 1.807) is 11.8 Å². The molecule has 33 heavy (non-hydrogen) atoms. The number of halogens is 2. The van der Waals surface area contributed by atoms with Gasteiger partial charge in [-0.2, -0.15) is 4.31 Å². The van der Waals surface area contributed by atoms with E-state index in [2.05, 4.69) is 11.9 Å². The monoisotopic (exact) mass is 491 g/mol. The Morgan fingerprint density at radius 1 is 1.03 bits per heavy atom. The second kappa shape index (κ2) is 9.28. The lowest BCUT2D eigenvalue weighted by atomic mass is 10.1. The summed E-state index contributed by atoms with van der Waals surface area (Å²) in [5.41, 5.74) is 2.76. The molecule has 3 aromatic rings. The van der Waals surface area contributed by atoms with Crippen molar-refractivity contribution in [3.8, 4) is 10.6 Å². The molecule has 0 aliphatic carbocycles. The van der Waals surface area contributed by atoms with Crippen molar-refractivity contribution < 1.29 is 22.0 Å². The number of thiazole rings is 1. The van der Waals surface area contributed by atoms with Crippen LogP contribution in [0.15, 0.2) is 47.4 Å². The average molecular weight is 492 g/mol. The van der Waals surface area contributed by atoms with E-state index < -0.39 is 26.6 Å². The summed E-state index contributed by atoms with van der Waals surface area (Å²) in [5, 5.41) is 0.745. The summed E-state index contributed by atoms with van der Waals surface area (Å²) in [7, 11) is -4.35. The Balaban J connectivity index is 1.48. The highest BCUT2D eigenvalue weighted by Crippen LogP contribution is 2.30. The minimum Gasteiger partial charge on any atom is -0.335 e. The summed E-state index contributed by atoms with van der Waals surface area (Å²) in [6, 6.07) is 11.0. The molecule has 0 saturated carbocycles. The van der Waals surface area contributed by atoms with Gasteiger partial charge in [0.1, 0.15) is 21.5 Å². The maximum absolute atomic E-state index is 14.0. The van der Waals surface area contributed by atoms with Crippen molar-refractivity contribution in [3.63, 3.8) is 0 Å². The van der Waals surface area contributed by atoms with Crippen LogP contribution in [0.25, 0.3) is 10.6 Å². The van der Waals surface area contributed by atoms with Gasteiger partial charge in [-0.05, 0) is 31.0 Å². The molecule has 0 atom stereocenters. The molecule has 10 heteroatoms. The molecule has 2 aromatic carbocycles. The van der Waals surface area contributed by atoms with Crippen molar-refractivity contribution in [2.24, 2.45) is 0 Å². The first-order valence-corrected chi connectivity index (χ1v) is 12.8. The number of carbonyl (C=O) groups is 1. The van der Waals surface area contributed by atoms with Crippen LogP contribution < -0.4 is 0 Å². The van der Waals surface area contributed by atoms with E-state index in [9.17, 15) is 22.0 Å². The standard InChI is InChI=1S/C23H23F2N3O3S2/c1-3-16-7-9-17(10-8-16)22-26-15(2)20(32-22)23(29)27-11-13-28(14-12-27)33(30,31)21-18(24)5-4-6-19(21)25/h4-10H,3,11-14H2,1-2H3. The van der Waals surface area contributed by atoms with Crippen molar-refractivity contribution in [3.05, 3.63) is 70.2 Å². The first-order chi connectivity index (χ1) is 15.7. The predicted octanol–water partition coefficient (Wildman–Crippen LogP) is 4.11. The summed E-state index contributed by atoms with van der Waals surface area (Å²) in [4.78, 5) is 18.7. The van der Waals surface area contributed by atoms with Gasteiger partial charge in [0.05, 0.1) is 5.69 Å². The smallest absolute Gasteiger partial charge is 0.265 e. The molecule has 0 spiro atoms. The van der Waals surface area contributed by atoms with Gasteiger partial charge in [0, 0.05) is 31.7 Å². The zero-order valence-electron chi connectivity index (χ0n) is 18.2. The van der Waals surface area contributed by atoms with Crippen molar-refractivity contribution in [2.45, 2.75) is 25.2 Å². The Bertz CT molecular complexity index is 1260. The van der Waals surface area contributed by atoms with Crippen LogP contribution in [0.1, 0.15) is 27.9 Å². The summed E-state index contributed by atoms with van der Waals surface area (Å²) >= 11 is 1.30. The van der Waals surface area contributed by atoms with Crippen LogP contribution in [0.2, 0.25) is 0 Å². The van der Waals surface area contributed by atoms with E-state index in [1.165, 1.54) is 16.9 Å². The molecule has 2 heterocycles. The van der Waals surface area contributed by atoms with Gasteiger partial charge in [-0.3, -0.25) is 4.79 Å². The number of benzene rings is 2. The fraction of sp³-hybridized carbons (Fsp3) is 0.304. The lowest BCUT2D eigenvalue weighted by Gasteiger charge is -2.33. The molecule has 0 unspecified atom stereocenters. The van der Waals surface area contributed by atoms with Crippen LogP contribution in [-0.2, 0) is 16.4 Å². The molecule has 4 rings (SSSR count). The summed E-state index contributed by atoms with van der Waals surface area (Å²) in [6.07, 6.45) is 0.937. The third-order valence-electron chi connectivity index (χ3n) is 5.64. The molecular formula is C23H23F2N3O3S2. The second-order valence-corrected chi connectivity index (χ2v) is 10.6. The third kappa shape index (κ3) is 4.55.